The van der Waals surface area contributed by atoms with Crippen LogP contribution in [0.4, 0.5) is 0 Å². The molecule has 0 atom stereocenters. The summed E-state index contributed by atoms with van der Waals surface area (Å²) in [5.74, 6) is -1.55. The molecule has 0 saturated carbocycles. The van der Waals surface area contributed by atoms with Gasteiger partial charge in [0.1, 0.15) is 0 Å². The first-order valence-corrected chi connectivity index (χ1v) is 27.5. The number of hydrogen-bond acceptors (Lipinski definition) is 6. The summed E-state index contributed by atoms with van der Waals surface area (Å²) in [5.41, 5.74) is -0.317. The van der Waals surface area contributed by atoms with Gasteiger partial charge in [0.25, 0.3) is 10.1 Å². The van der Waals surface area contributed by atoms with Gasteiger partial charge in [-0.15, -0.1) is 0 Å². The second kappa shape index (κ2) is 42.5. The molecule has 0 aromatic heterocycles. The molecule has 0 bridgehead atoms. The first-order valence-electron chi connectivity index (χ1n) is 26.1. The quantitative estimate of drug-likeness (QED) is 0.0301. The molecule has 0 spiro atoms. The largest absolute Gasteiger partial charge is 0.462 e. The van der Waals surface area contributed by atoms with Crippen molar-refractivity contribution in [2.45, 2.75) is 263 Å². The standard InChI is InChI=1S/C54H94O7S/c1-3-5-7-9-11-13-15-17-19-21-23-25-27-29-31-33-35-37-39-41-43-47-60-53(55)51-46-45-50(62(57,58)59)49-52(51)54(56)61-48-44-42-40-38-36-34-32-30-28-26-24-22-20-18-16-14-12-10-8-6-4-2/h37-40,45-46,49H,3-36,41-44,47-48H2,1-2H3,(H,57,58,59)/b39-37+,40-38+. The van der Waals surface area contributed by atoms with Crippen LogP contribution in [-0.2, 0) is 19.6 Å². The van der Waals surface area contributed by atoms with Crippen LogP contribution in [0.15, 0.2) is 47.4 Å². The molecule has 1 aromatic rings. The molecule has 0 heterocycles. The van der Waals surface area contributed by atoms with Gasteiger partial charge in [0, 0.05) is 0 Å². The number of allylic oxidation sites excluding steroid dienone is 4. The molecule has 1 aromatic carbocycles. The molecule has 1 N–H and O–H groups in total. The van der Waals surface area contributed by atoms with Crippen molar-refractivity contribution >= 4 is 22.1 Å². The number of carbonyl (C=O) groups excluding carboxylic acids is 2. The minimum atomic E-state index is -4.58. The lowest BCUT2D eigenvalue weighted by atomic mass is 10.0. The smallest absolute Gasteiger partial charge is 0.339 e. The summed E-state index contributed by atoms with van der Waals surface area (Å²) in [5, 5.41) is 0. The Morgan fingerprint density at radius 2 is 0.694 bits per heavy atom. The number of carbonyl (C=O) groups is 2. The molecule has 62 heavy (non-hydrogen) atoms. The summed E-state index contributed by atoms with van der Waals surface area (Å²) in [6, 6.07) is 3.27. The average molecular weight is 887 g/mol. The topological polar surface area (TPSA) is 107 Å². The molecule has 0 radical (unpaired) electrons. The maximum absolute atomic E-state index is 13.0. The van der Waals surface area contributed by atoms with Crippen molar-refractivity contribution in [2.24, 2.45) is 0 Å². The molecular formula is C54H94O7S. The lowest BCUT2D eigenvalue weighted by Crippen LogP contribution is -2.16. The van der Waals surface area contributed by atoms with E-state index in [0.717, 1.165) is 37.8 Å². The van der Waals surface area contributed by atoms with E-state index in [1.54, 1.807) is 0 Å². The van der Waals surface area contributed by atoms with Crippen LogP contribution in [0.5, 0.6) is 0 Å². The molecule has 0 aliphatic heterocycles. The van der Waals surface area contributed by atoms with Gasteiger partial charge in [0.05, 0.1) is 29.2 Å². The summed E-state index contributed by atoms with van der Waals surface area (Å²) >= 11 is 0. The monoisotopic (exact) mass is 887 g/mol. The maximum Gasteiger partial charge on any atom is 0.339 e. The third-order valence-electron chi connectivity index (χ3n) is 12.0. The number of esters is 2. The lowest BCUT2D eigenvalue weighted by Gasteiger charge is -2.11. The highest BCUT2D eigenvalue weighted by molar-refractivity contribution is 7.85. The third-order valence-corrected chi connectivity index (χ3v) is 12.9. The van der Waals surface area contributed by atoms with E-state index < -0.39 is 27.0 Å². The Kier molecular flexibility index (Phi) is 39.5. The van der Waals surface area contributed by atoms with Crippen molar-refractivity contribution in [2.75, 3.05) is 13.2 Å². The second-order valence-electron chi connectivity index (χ2n) is 17.9. The van der Waals surface area contributed by atoms with Crippen LogP contribution in [0.25, 0.3) is 0 Å². The summed E-state index contributed by atoms with van der Waals surface area (Å²) in [6.45, 7) is 4.84. The van der Waals surface area contributed by atoms with Crippen molar-refractivity contribution in [3.63, 3.8) is 0 Å². The Morgan fingerprint density at radius 3 is 1.00 bits per heavy atom. The highest BCUT2D eigenvalue weighted by Crippen LogP contribution is 2.20. The molecule has 8 heteroatoms. The number of ether oxygens (including phenoxy) is 2. The molecule has 0 amide bonds. The van der Waals surface area contributed by atoms with E-state index in [1.165, 1.54) is 212 Å². The van der Waals surface area contributed by atoms with Crippen LogP contribution in [0, 0.1) is 0 Å². The minimum absolute atomic E-state index is 0.0832. The van der Waals surface area contributed by atoms with E-state index in [-0.39, 0.29) is 24.3 Å². The summed E-state index contributed by atoms with van der Waals surface area (Å²) < 4.78 is 44.0. The molecule has 1 rings (SSSR count). The maximum atomic E-state index is 13.0. The van der Waals surface area contributed by atoms with E-state index in [1.807, 2.05) is 0 Å². The molecule has 0 fully saturated rings. The van der Waals surface area contributed by atoms with Crippen molar-refractivity contribution < 1.29 is 32.0 Å². The molecule has 0 unspecified atom stereocenters. The Morgan fingerprint density at radius 1 is 0.419 bits per heavy atom. The van der Waals surface area contributed by atoms with Crippen molar-refractivity contribution in [3.8, 4) is 0 Å². The SMILES string of the molecule is CCCCCCCCCCCCCCCCCC/C=C/CCCOC(=O)c1ccc(S(=O)(=O)O)cc1C(=O)OCCC/C=C/CCCCCCCCCCCCCCCCCC. The average Bonchev–Trinajstić information content (AvgIpc) is 3.26. The predicted molar refractivity (Wildman–Crippen MR) is 262 cm³/mol. The molecule has 358 valence electrons. The predicted octanol–water partition coefficient (Wildman–Crippen LogP) is 17.2. The van der Waals surface area contributed by atoms with Crippen molar-refractivity contribution in [1.82, 2.24) is 0 Å². The second-order valence-corrected chi connectivity index (χ2v) is 19.3. The fourth-order valence-electron chi connectivity index (χ4n) is 8.01. The third kappa shape index (κ3) is 35.0. The van der Waals surface area contributed by atoms with Crippen LogP contribution >= 0.6 is 0 Å². The number of hydrogen-bond donors (Lipinski definition) is 1. The van der Waals surface area contributed by atoms with E-state index in [0.29, 0.717) is 12.8 Å². The summed E-state index contributed by atoms with van der Waals surface area (Å²) in [6.07, 6.45) is 57.1. The highest BCUT2D eigenvalue weighted by atomic mass is 32.2. The van der Waals surface area contributed by atoms with E-state index in [2.05, 4.69) is 38.2 Å². The normalized spacial score (nSPS) is 11.9. The Labute approximate surface area is 382 Å². The Hall–Kier alpha value is -2.45. The summed E-state index contributed by atoms with van der Waals surface area (Å²) in [4.78, 5) is 25.5. The van der Waals surface area contributed by atoms with E-state index in [9.17, 15) is 22.6 Å². The zero-order chi connectivity index (χ0) is 45.0. The number of rotatable bonds is 45. The zero-order valence-electron chi connectivity index (χ0n) is 40.1. The van der Waals surface area contributed by atoms with Crippen LogP contribution in [-0.4, -0.2) is 38.1 Å². The van der Waals surface area contributed by atoms with E-state index in [4.69, 9.17) is 9.47 Å². The summed E-state index contributed by atoms with van der Waals surface area (Å²) in [7, 11) is -4.58. The van der Waals surface area contributed by atoms with Gasteiger partial charge < -0.3 is 9.47 Å². The van der Waals surface area contributed by atoms with Crippen LogP contribution in [0.3, 0.4) is 0 Å². The first kappa shape index (κ1) is 57.6. The molecular weight excluding hydrogens is 793 g/mol. The number of benzene rings is 1. The van der Waals surface area contributed by atoms with Gasteiger partial charge in [-0.1, -0.05) is 231 Å². The fourth-order valence-corrected chi connectivity index (χ4v) is 8.52. The highest BCUT2D eigenvalue weighted by Gasteiger charge is 2.23. The van der Waals surface area contributed by atoms with Gasteiger partial charge >= 0.3 is 11.9 Å². The van der Waals surface area contributed by atoms with Crippen molar-refractivity contribution in [1.29, 1.82) is 0 Å². The van der Waals surface area contributed by atoms with Gasteiger partial charge in [-0.25, -0.2) is 9.59 Å². The minimum Gasteiger partial charge on any atom is -0.462 e. The van der Waals surface area contributed by atoms with E-state index >= 15 is 0 Å². The molecule has 0 saturated heterocycles. The van der Waals surface area contributed by atoms with Gasteiger partial charge in [0.15, 0.2) is 0 Å². The van der Waals surface area contributed by atoms with Gasteiger partial charge in [-0.05, 0) is 69.6 Å². The fraction of sp³-hybridized carbons (Fsp3) is 0.778. The Balaban J connectivity index is 2.16. The Bertz CT molecular complexity index is 1370. The first-order chi connectivity index (χ1) is 30.3. The van der Waals surface area contributed by atoms with Gasteiger partial charge in [0.2, 0.25) is 0 Å². The zero-order valence-corrected chi connectivity index (χ0v) is 40.9. The van der Waals surface area contributed by atoms with Crippen LogP contribution in [0.1, 0.15) is 279 Å². The molecule has 0 aliphatic rings. The lowest BCUT2D eigenvalue weighted by molar-refractivity contribution is 0.0453. The van der Waals surface area contributed by atoms with Crippen LogP contribution in [0.2, 0.25) is 0 Å². The number of unbranched alkanes of at least 4 members (excludes halogenated alkanes) is 34. The molecule has 0 aliphatic carbocycles. The molecule has 7 nitrogen and oxygen atoms in total. The van der Waals surface area contributed by atoms with Gasteiger partial charge in [-0.2, -0.15) is 8.42 Å². The van der Waals surface area contributed by atoms with Crippen molar-refractivity contribution in [3.05, 3.63) is 53.6 Å². The van der Waals surface area contributed by atoms with Gasteiger partial charge in [-0.3, -0.25) is 4.55 Å². The van der Waals surface area contributed by atoms with Crippen LogP contribution < -0.4 is 0 Å².